The van der Waals surface area contributed by atoms with Crippen LogP contribution < -0.4 is 4.90 Å². The number of hydrogen-bond donors (Lipinski definition) is 0. The number of halogens is 1. The molecule has 1 heterocycles. The highest BCUT2D eigenvalue weighted by atomic mass is 79.9. The van der Waals surface area contributed by atoms with Crippen molar-refractivity contribution < 1.29 is 0 Å². The van der Waals surface area contributed by atoms with Crippen molar-refractivity contribution in [3.05, 3.63) is 160 Å². The van der Waals surface area contributed by atoms with E-state index in [9.17, 15) is 0 Å². The third-order valence-corrected chi connectivity index (χ3v) is 9.33. The van der Waals surface area contributed by atoms with Crippen LogP contribution in [0.5, 0.6) is 0 Å². The summed E-state index contributed by atoms with van der Waals surface area (Å²) >= 11 is 3.80. The summed E-state index contributed by atoms with van der Waals surface area (Å²) in [5.74, 6) is 0. The monoisotopic (exact) mass is 613 g/mol. The topological polar surface area (TPSA) is 3.24 Å². The number of fused-ring (bicyclic) bond motifs is 1. The zero-order chi connectivity index (χ0) is 30.1. The van der Waals surface area contributed by atoms with E-state index < -0.39 is 0 Å². The Labute approximate surface area is 260 Å². The minimum Gasteiger partial charge on any atom is -0.347 e. The molecule has 42 heavy (non-hydrogen) atoms. The van der Waals surface area contributed by atoms with Crippen molar-refractivity contribution in [3.8, 4) is 22.3 Å². The highest BCUT2D eigenvalue weighted by Crippen LogP contribution is 2.48. The molecule has 0 atom stereocenters. The Bertz CT molecular complexity index is 1700. The molecule has 0 radical (unpaired) electrons. The van der Waals surface area contributed by atoms with Gasteiger partial charge in [-0.3, -0.25) is 0 Å². The molecule has 4 aromatic carbocycles. The van der Waals surface area contributed by atoms with Gasteiger partial charge in [0.1, 0.15) is 0 Å². The zero-order valence-electron chi connectivity index (χ0n) is 25.6. The number of hydrogen-bond acceptors (Lipinski definition) is 1. The van der Waals surface area contributed by atoms with E-state index >= 15 is 0 Å². The summed E-state index contributed by atoms with van der Waals surface area (Å²) in [7, 11) is 2.16. The maximum Gasteiger partial charge on any atom is 0.0448 e. The lowest BCUT2D eigenvalue weighted by Gasteiger charge is -2.29. The molecule has 1 nitrogen and oxygen atoms in total. The van der Waals surface area contributed by atoms with Crippen LogP contribution in [0.25, 0.3) is 22.3 Å². The van der Waals surface area contributed by atoms with E-state index in [0.717, 1.165) is 10.1 Å². The molecule has 0 saturated carbocycles. The number of allylic oxidation sites excluding steroid dienone is 7. The summed E-state index contributed by atoms with van der Waals surface area (Å²) in [5, 5.41) is 0. The Kier molecular flexibility index (Phi) is 8.30. The largest absolute Gasteiger partial charge is 0.347 e. The summed E-state index contributed by atoms with van der Waals surface area (Å²) in [5.41, 5.74) is 12.1. The molecule has 0 saturated heterocycles. The number of benzene rings is 4. The second kappa shape index (κ2) is 11.8. The van der Waals surface area contributed by atoms with Crippen molar-refractivity contribution in [1.82, 2.24) is 0 Å². The van der Waals surface area contributed by atoms with Crippen LogP contribution in [0.3, 0.4) is 0 Å². The Morgan fingerprint density at radius 3 is 1.98 bits per heavy atom. The fourth-order valence-electron chi connectivity index (χ4n) is 6.03. The molecule has 0 amide bonds. The van der Waals surface area contributed by atoms with Crippen LogP contribution in [-0.4, -0.2) is 7.05 Å². The lowest BCUT2D eigenvalue weighted by atomic mass is 9.75. The smallest absolute Gasteiger partial charge is 0.0448 e. The maximum absolute atomic E-state index is 4.49. The van der Waals surface area contributed by atoms with Gasteiger partial charge in [-0.15, -0.1) is 0 Å². The normalized spacial score (nSPS) is 15.8. The Hall–Kier alpha value is -3.88. The molecule has 212 valence electrons. The molecule has 0 spiro atoms. The standard InChI is InChI=1S/C40H40BrN/c1-28-18-20-32(30-14-10-8-11-15-30)26-35(28)39(3,4)29(2)19-22-34(41)23-25-38-40(5,6)36-27-33(21-24-37(36)42(38)7)31-16-12-9-13-17-31/h8-27H,2H2,1,3-7H3/b22-19+,34-23-,38-25+. The van der Waals surface area contributed by atoms with Crippen molar-refractivity contribution in [2.24, 2.45) is 0 Å². The molecule has 5 rings (SSSR count). The van der Waals surface area contributed by atoms with Gasteiger partial charge in [0.2, 0.25) is 0 Å². The molecular formula is C40H40BrN. The molecule has 0 N–H and O–H groups in total. The van der Waals surface area contributed by atoms with Gasteiger partial charge in [0.15, 0.2) is 0 Å². The molecule has 0 aromatic heterocycles. The Morgan fingerprint density at radius 1 is 0.786 bits per heavy atom. The third-order valence-electron chi connectivity index (χ3n) is 8.81. The molecule has 0 fully saturated rings. The highest BCUT2D eigenvalue weighted by Gasteiger charge is 2.38. The number of rotatable bonds is 7. The molecule has 1 aliphatic heterocycles. The van der Waals surface area contributed by atoms with Gasteiger partial charge in [-0.05, 0) is 81.8 Å². The number of nitrogens with zero attached hydrogens (tertiary/aromatic N) is 1. The van der Waals surface area contributed by atoms with Crippen LogP contribution in [0.4, 0.5) is 5.69 Å². The lowest BCUT2D eigenvalue weighted by Crippen LogP contribution is -2.22. The average Bonchev–Trinajstić information content (AvgIpc) is 3.19. The second-order valence-electron chi connectivity index (χ2n) is 12.3. The second-order valence-corrected chi connectivity index (χ2v) is 13.2. The van der Waals surface area contributed by atoms with Gasteiger partial charge in [0.25, 0.3) is 0 Å². The van der Waals surface area contributed by atoms with Crippen molar-refractivity contribution >= 4 is 21.6 Å². The first-order chi connectivity index (χ1) is 20.0. The van der Waals surface area contributed by atoms with Crippen LogP contribution in [-0.2, 0) is 10.8 Å². The van der Waals surface area contributed by atoms with Crippen LogP contribution in [0, 0.1) is 6.92 Å². The van der Waals surface area contributed by atoms with Crippen LogP contribution in [0.1, 0.15) is 44.4 Å². The van der Waals surface area contributed by atoms with Crippen molar-refractivity contribution in [2.75, 3.05) is 11.9 Å². The van der Waals surface area contributed by atoms with Crippen LogP contribution >= 0.6 is 15.9 Å². The first-order valence-corrected chi connectivity index (χ1v) is 15.3. The maximum atomic E-state index is 4.49. The quantitative estimate of drug-likeness (QED) is 0.187. The number of likely N-dealkylation sites (N-methyl/N-ethyl adjacent to an activating group) is 1. The first kappa shape index (κ1) is 29.6. The summed E-state index contributed by atoms with van der Waals surface area (Å²) in [4.78, 5) is 2.31. The summed E-state index contributed by atoms with van der Waals surface area (Å²) < 4.78 is 1.01. The first-order valence-electron chi connectivity index (χ1n) is 14.6. The van der Waals surface area contributed by atoms with Gasteiger partial charge < -0.3 is 4.90 Å². The van der Waals surface area contributed by atoms with E-state index in [0.29, 0.717) is 0 Å². The van der Waals surface area contributed by atoms with Gasteiger partial charge in [-0.1, -0.05) is 141 Å². The van der Waals surface area contributed by atoms with E-state index in [1.807, 2.05) is 0 Å². The molecule has 0 unspecified atom stereocenters. The van der Waals surface area contributed by atoms with Crippen molar-refractivity contribution in [2.45, 2.75) is 45.4 Å². The molecule has 1 aliphatic rings. The van der Waals surface area contributed by atoms with Gasteiger partial charge in [-0.2, -0.15) is 0 Å². The van der Waals surface area contributed by atoms with Gasteiger partial charge in [0, 0.05) is 33.7 Å². The fourth-order valence-corrected chi connectivity index (χ4v) is 6.29. The summed E-state index contributed by atoms with van der Waals surface area (Å²) in [6.07, 6.45) is 8.63. The molecular weight excluding hydrogens is 574 g/mol. The zero-order valence-corrected chi connectivity index (χ0v) is 27.2. The van der Waals surface area contributed by atoms with E-state index in [4.69, 9.17) is 0 Å². The SMILES string of the molecule is C=C(/C=C/C(Br)=C/C=C1/N(C)c2ccc(-c3ccccc3)cc2C1(C)C)C(C)(C)c1cc(-c2ccccc2)ccc1C. The van der Waals surface area contributed by atoms with E-state index in [2.05, 4.69) is 190 Å². The van der Waals surface area contributed by atoms with E-state index in [1.54, 1.807) is 0 Å². The van der Waals surface area contributed by atoms with Crippen molar-refractivity contribution in [1.29, 1.82) is 0 Å². The minimum atomic E-state index is -0.219. The predicted molar refractivity (Wildman–Crippen MR) is 186 cm³/mol. The van der Waals surface area contributed by atoms with Crippen molar-refractivity contribution in [3.63, 3.8) is 0 Å². The van der Waals surface area contributed by atoms with Crippen LogP contribution in [0.15, 0.2) is 144 Å². The molecule has 4 aromatic rings. The molecule has 2 heteroatoms. The van der Waals surface area contributed by atoms with Gasteiger partial charge in [0.05, 0.1) is 0 Å². The van der Waals surface area contributed by atoms with Gasteiger partial charge >= 0.3 is 0 Å². The fraction of sp³-hybridized carbons (Fsp3) is 0.200. The summed E-state index contributed by atoms with van der Waals surface area (Å²) in [6.45, 7) is 15.8. The lowest BCUT2D eigenvalue weighted by molar-refractivity contribution is 0.637. The average molecular weight is 615 g/mol. The highest BCUT2D eigenvalue weighted by molar-refractivity contribution is 9.11. The third kappa shape index (κ3) is 5.74. The predicted octanol–water partition coefficient (Wildman–Crippen LogP) is 11.3. The molecule has 0 aliphatic carbocycles. The Morgan fingerprint density at radius 2 is 1.36 bits per heavy atom. The van der Waals surface area contributed by atoms with E-state index in [1.165, 1.54) is 50.3 Å². The summed E-state index contributed by atoms with van der Waals surface area (Å²) in [6, 6.07) is 34.7. The van der Waals surface area contributed by atoms with Gasteiger partial charge in [-0.25, -0.2) is 0 Å². The number of anilines is 1. The van der Waals surface area contributed by atoms with E-state index in [-0.39, 0.29) is 10.8 Å². The number of aryl methyl sites for hydroxylation is 1. The molecule has 0 bridgehead atoms. The Balaban J connectivity index is 1.37. The minimum absolute atomic E-state index is 0.116. The van der Waals surface area contributed by atoms with Crippen LogP contribution in [0.2, 0.25) is 0 Å².